The molecule has 98 valence electrons. The maximum Gasteiger partial charge on any atom is 0.213 e. The second-order valence-corrected chi connectivity index (χ2v) is 5.17. The molecule has 0 radical (unpaired) electrons. The standard InChI is InChI=1S/C14H11BrFNO2/c15-11-5-9-3-4-18-14(9)10(6-11)8-19-12-1-2-13(16)17-7-12/h1-2,5-7H,3-4,8H2. The summed E-state index contributed by atoms with van der Waals surface area (Å²) in [6, 6.07) is 6.87. The van der Waals surface area contributed by atoms with Crippen molar-refractivity contribution in [3.8, 4) is 11.5 Å². The van der Waals surface area contributed by atoms with E-state index in [1.54, 1.807) is 6.07 Å². The number of benzene rings is 1. The summed E-state index contributed by atoms with van der Waals surface area (Å²) in [5, 5.41) is 0. The topological polar surface area (TPSA) is 31.4 Å². The van der Waals surface area contributed by atoms with Crippen LogP contribution in [0.15, 0.2) is 34.9 Å². The highest BCUT2D eigenvalue weighted by Crippen LogP contribution is 2.33. The molecule has 2 aromatic rings. The Labute approximate surface area is 118 Å². The van der Waals surface area contributed by atoms with Gasteiger partial charge in [-0.2, -0.15) is 4.39 Å². The van der Waals surface area contributed by atoms with Crippen LogP contribution in [0.4, 0.5) is 4.39 Å². The van der Waals surface area contributed by atoms with Crippen LogP contribution in [-0.2, 0) is 13.0 Å². The first-order chi connectivity index (χ1) is 9.22. The molecule has 0 N–H and O–H groups in total. The maximum absolute atomic E-state index is 12.7. The van der Waals surface area contributed by atoms with Crippen molar-refractivity contribution in [2.45, 2.75) is 13.0 Å². The molecule has 1 aromatic carbocycles. The van der Waals surface area contributed by atoms with Gasteiger partial charge in [0.1, 0.15) is 18.1 Å². The van der Waals surface area contributed by atoms with Crippen molar-refractivity contribution in [2.75, 3.05) is 6.61 Å². The number of ether oxygens (including phenoxy) is 2. The molecule has 0 bridgehead atoms. The SMILES string of the molecule is Fc1ccc(OCc2cc(Br)cc3c2OCC3)cn1. The second kappa shape index (κ2) is 5.17. The minimum absolute atomic E-state index is 0.370. The summed E-state index contributed by atoms with van der Waals surface area (Å²) in [6.45, 7) is 1.08. The Bertz CT molecular complexity index is 601. The lowest BCUT2D eigenvalue weighted by Crippen LogP contribution is -1.99. The van der Waals surface area contributed by atoms with E-state index < -0.39 is 5.95 Å². The number of halogens is 2. The van der Waals surface area contributed by atoms with E-state index in [2.05, 4.69) is 27.0 Å². The normalized spacial score (nSPS) is 12.9. The molecule has 0 fully saturated rings. The van der Waals surface area contributed by atoms with Crippen LogP contribution in [0.1, 0.15) is 11.1 Å². The number of pyridine rings is 1. The zero-order chi connectivity index (χ0) is 13.2. The summed E-state index contributed by atoms with van der Waals surface area (Å²) < 4.78 is 24.9. The molecule has 1 aliphatic heterocycles. The first-order valence-electron chi connectivity index (χ1n) is 5.91. The van der Waals surface area contributed by atoms with Crippen LogP contribution in [0, 0.1) is 5.95 Å². The lowest BCUT2D eigenvalue weighted by atomic mass is 10.1. The predicted octanol–water partition coefficient (Wildman–Crippen LogP) is 3.50. The van der Waals surface area contributed by atoms with Gasteiger partial charge in [-0.1, -0.05) is 15.9 Å². The van der Waals surface area contributed by atoms with E-state index in [4.69, 9.17) is 9.47 Å². The molecular formula is C14H11BrFNO2. The van der Waals surface area contributed by atoms with E-state index in [1.807, 2.05) is 6.07 Å². The van der Waals surface area contributed by atoms with Gasteiger partial charge >= 0.3 is 0 Å². The Balaban J connectivity index is 1.78. The fourth-order valence-corrected chi connectivity index (χ4v) is 2.61. The van der Waals surface area contributed by atoms with Crippen molar-refractivity contribution >= 4 is 15.9 Å². The number of hydrogen-bond donors (Lipinski definition) is 0. The zero-order valence-corrected chi connectivity index (χ0v) is 11.6. The molecule has 0 spiro atoms. The van der Waals surface area contributed by atoms with Gasteiger partial charge in [-0.3, -0.25) is 0 Å². The Hall–Kier alpha value is -1.62. The van der Waals surface area contributed by atoms with E-state index >= 15 is 0 Å². The van der Waals surface area contributed by atoms with E-state index in [-0.39, 0.29) is 0 Å². The summed E-state index contributed by atoms with van der Waals surface area (Å²) in [7, 11) is 0. The highest BCUT2D eigenvalue weighted by Gasteiger charge is 2.17. The molecule has 0 saturated carbocycles. The summed E-state index contributed by atoms with van der Waals surface area (Å²) in [4.78, 5) is 3.55. The molecule has 19 heavy (non-hydrogen) atoms. The van der Waals surface area contributed by atoms with Gasteiger partial charge in [-0.05, 0) is 29.8 Å². The molecule has 1 aliphatic rings. The Morgan fingerprint density at radius 2 is 2.26 bits per heavy atom. The summed E-state index contributed by atoms with van der Waals surface area (Å²) in [5.74, 6) is 0.922. The second-order valence-electron chi connectivity index (χ2n) is 4.26. The van der Waals surface area contributed by atoms with Gasteiger partial charge in [0.15, 0.2) is 0 Å². The van der Waals surface area contributed by atoms with Crippen molar-refractivity contribution in [1.29, 1.82) is 0 Å². The quantitative estimate of drug-likeness (QED) is 0.810. The highest BCUT2D eigenvalue weighted by atomic mass is 79.9. The van der Waals surface area contributed by atoms with Crippen LogP contribution in [0.5, 0.6) is 11.5 Å². The lowest BCUT2D eigenvalue weighted by Gasteiger charge is -2.10. The largest absolute Gasteiger partial charge is 0.493 e. The molecule has 0 amide bonds. The minimum atomic E-state index is -0.515. The van der Waals surface area contributed by atoms with Crippen molar-refractivity contribution in [3.63, 3.8) is 0 Å². The van der Waals surface area contributed by atoms with E-state index in [1.165, 1.54) is 17.8 Å². The van der Waals surface area contributed by atoms with Crippen molar-refractivity contribution in [3.05, 3.63) is 52.0 Å². The summed E-state index contributed by atoms with van der Waals surface area (Å²) >= 11 is 3.48. The van der Waals surface area contributed by atoms with E-state index in [9.17, 15) is 4.39 Å². The summed E-state index contributed by atoms with van der Waals surface area (Å²) in [5.41, 5.74) is 2.16. The Morgan fingerprint density at radius 3 is 3.05 bits per heavy atom. The molecule has 0 saturated heterocycles. The van der Waals surface area contributed by atoms with Gasteiger partial charge in [-0.15, -0.1) is 0 Å². The van der Waals surface area contributed by atoms with E-state index in [0.717, 1.165) is 22.2 Å². The molecule has 3 rings (SSSR count). The zero-order valence-electron chi connectivity index (χ0n) is 10.0. The molecule has 0 unspecified atom stereocenters. The molecule has 2 heterocycles. The average Bonchev–Trinajstić information content (AvgIpc) is 2.85. The lowest BCUT2D eigenvalue weighted by molar-refractivity contribution is 0.290. The van der Waals surface area contributed by atoms with Gasteiger partial charge in [-0.25, -0.2) is 4.98 Å². The Kier molecular flexibility index (Phi) is 3.38. The molecule has 0 atom stereocenters. The fourth-order valence-electron chi connectivity index (χ4n) is 2.06. The van der Waals surface area contributed by atoms with Gasteiger partial charge in [0.05, 0.1) is 12.8 Å². The number of fused-ring (bicyclic) bond motifs is 1. The molecule has 1 aromatic heterocycles. The van der Waals surface area contributed by atoms with Gasteiger partial charge < -0.3 is 9.47 Å². The van der Waals surface area contributed by atoms with Crippen molar-refractivity contribution < 1.29 is 13.9 Å². The van der Waals surface area contributed by atoms with Gasteiger partial charge in [0.25, 0.3) is 0 Å². The van der Waals surface area contributed by atoms with Crippen LogP contribution >= 0.6 is 15.9 Å². The highest BCUT2D eigenvalue weighted by molar-refractivity contribution is 9.10. The van der Waals surface area contributed by atoms with Crippen LogP contribution in [-0.4, -0.2) is 11.6 Å². The maximum atomic E-state index is 12.7. The molecule has 3 nitrogen and oxygen atoms in total. The molecule has 0 aliphatic carbocycles. The van der Waals surface area contributed by atoms with Crippen LogP contribution in [0.25, 0.3) is 0 Å². The third-order valence-electron chi connectivity index (χ3n) is 2.92. The molecular weight excluding hydrogens is 313 g/mol. The smallest absolute Gasteiger partial charge is 0.213 e. The third kappa shape index (κ3) is 2.71. The molecule has 5 heteroatoms. The first-order valence-corrected chi connectivity index (χ1v) is 6.70. The van der Waals surface area contributed by atoms with E-state index in [0.29, 0.717) is 19.0 Å². The average molecular weight is 324 g/mol. The predicted molar refractivity (Wildman–Crippen MR) is 71.9 cm³/mol. The third-order valence-corrected chi connectivity index (χ3v) is 3.38. The van der Waals surface area contributed by atoms with Crippen LogP contribution in [0.2, 0.25) is 0 Å². The van der Waals surface area contributed by atoms with Gasteiger partial charge in [0.2, 0.25) is 5.95 Å². The fraction of sp³-hybridized carbons (Fsp3) is 0.214. The first kappa shape index (κ1) is 12.4. The van der Waals surface area contributed by atoms with Crippen LogP contribution < -0.4 is 9.47 Å². The number of rotatable bonds is 3. The summed E-state index contributed by atoms with van der Waals surface area (Å²) in [6.07, 6.45) is 2.29. The number of hydrogen-bond acceptors (Lipinski definition) is 3. The minimum Gasteiger partial charge on any atom is -0.493 e. The van der Waals surface area contributed by atoms with Crippen LogP contribution in [0.3, 0.4) is 0 Å². The Morgan fingerprint density at radius 1 is 1.37 bits per heavy atom. The van der Waals surface area contributed by atoms with Crippen molar-refractivity contribution in [2.24, 2.45) is 0 Å². The van der Waals surface area contributed by atoms with Gasteiger partial charge in [0, 0.05) is 16.5 Å². The number of aromatic nitrogens is 1. The van der Waals surface area contributed by atoms with Crippen molar-refractivity contribution in [1.82, 2.24) is 4.98 Å². The monoisotopic (exact) mass is 323 g/mol. The number of nitrogens with zero attached hydrogens (tertiary/aromatic N) is 1.